The van der Waals surface area contributed by atoms with E-state index in [0.717, 1.165) is 11.1 Å². The molecular weight excluding hydrogens is 284 g/mol. The zero-order valence-electron chi connectivity index (χ0n) is 11.8. The van der Waals surface area contributed by atoms with Crippen LogP contribution < -0.4 is 11.1 Å². The van der Waals surface area contributed by atoms with Crippen molar-refractivity contribution in [3.8, 4) is 5.75 Å². The molecule has 2 aromatic carbocycles. The summed E-state index contributed by atoms with van der Waals surface area (Å²) in [7, 11) is 0. The number of aromatic hydroxyl groups is 1. The largest absolute Gasteiger partial charge is 0.507 e. The molecule has 0 saturated heterocycles. The Morgan fingerprint density at radius 3 is 2.52 bits per heavy atom. The highest BCUT2D eigenvalue weighted by atomic mass is 32.1. The number of aryl methyl sites for hydroxylation is 2. The topological polar surface area (TPSA) is 75.4 Å². The molecule has 0 saturated carbocycles. The first-order chi connectivity index (χ1) is 9.88. The van der Waals surface area contributed by atoms with Gasteiger partial charge in [-0.1, -0.05) is 30.4 Å². The maximum atomic E-state index is 12.2. The summed E-state index contributed by atoms with van der Waals surface area (Å²) in [6.45, 7) is 3.71. The number of benzene rings is 2. The van der Waals surface area contributed by atoms with Gasteiger partial charge in [0.2, 0.25) is 0 Å². The van der Waals surface area contributed by atoms with E-state index in [1.54, 1.807) is 30.3 Å². The normalized spacial score (nSPS) is 10.2. The lowest BCUT2D eigenvalue weighted by molar-refractivity contribution is 0.102. The van der Waals surface area contributed by atoms with Gasteiger partial charge in [-0.25, -0.2) is 0 Å². The average Bonchev–Trinajstić information content (AvgIpc) is 2.40. The molecule has 0 radical (unpaired) electrons. The number of amides is 1. The van der Waals surface area contributed by atoms with Gasteiger partial charge in [-0.15, -0.1) is 0 Å². The smallest absolute Gasteiger partial charge is 0.259 e. The van der Waals surface area contributed by atoms with E-state index in [-0.39, 0.29) is 22.2 Å². The molecule has 108 valence electrons. The van der Waals surface area contributed by atoms with Crippen molar-refractivity contribution < 1.29 is 9.90 Å². The van der Waals surface area contributed by atoms with Gasteiger partial charge in [0, 0.05) is 11.3 Å². The quantitative estimate of drug-likeness (QED) is 0.762. The third kappa shape index (κ3) is 3.38. The molecule has 0 spiro atoms. The van der Waals surface area contributed by atoms with Gasteiger partial charge in [-0.3, -0.25) is 4.79 Å². The van der Waals surface area contributed by atoms with Crippen molar-refractivity contribution in [1.82, 2.24) is 0 Å². The predicted octanol–water partition coefficient (Wildman–Crippen LogP) is 2.90. The lowest BCUT2D eigenvalue weighted by atomic mass is 10.1. The summed E-state index contributed by atoms with van der Waals surface area (Å²) >= 11 is 4.93. The standard InChI is InChI=1S/C16H16N2O2S/c1-9-3-6-12(14(19)7-9)16(20)18-13-8-11(15(17)21)5-4-10(13)2/h3-8,19H,1-2H3,(H2,17,21)(H,18,20). The number of hydrogen-bond donors (Lipinski definition) is 3. The van der Waals surface area contributed by atoms with Gasteiger partial charge in [0.25, 0.3) is 5.91 Å². The Morgan fingerprint density at radius 2 is 1.90 bits per heavy atom. The number of anilines is 1. The highest BCUT2D eigenvalue weighted by Crippen LogP contribution is 2.22. The second-order valence-electron chi connectivity index (χ2n) is 4.87. The minimum absolute atomic E-state index is 0.0457. The summed E-state index contributed by atoms with van der Waals surface area (Å²) in [6.07, 6.45) is 0. The number of thiocarbonyl (C=S) groups is 1. The molecule has 0 aliphatic heterocycles. The first-order valence-corrected chi connectivity index (χ1v) is 6.80. The van der Waals surface area contributed by atoms with E-state index < -0.39 is 0 Å². The predicted molar refractivity (Wildman–Crippen MR) is 87.9 cm³/mol. The molecule has 4 N–H and O–H groups in total. The summed E-state index contributed by atoms with van der Waals surface area (Å²) in [5, 5.41) is 12.6. The van der Waals surface area contributed by atoms with Crippen LogP contribution in [-0.2, 0) is 0 Å². The maximum absolute atomic E-state index is 12.2. The Morgan fingerprint density at radius 1 is 1.19 bits per heavy atom. The molecule has 0 bridgehead atoms. The monoisotopic (exact) mass is 300 g/mol. The van der Waals surface area contributed by atoms with Gasteiger partial charge in [-0.05, 0) is 43.2 Å². The summed E-state index contributed by atoms with van der Waals surface area (Å²) in [5.74, 6) is -0.425. The molecule has 1 amide bonds. The van der Waals surface area contributed by atoms with Crippen LogP contribution in [0.15, 0.2) is 36.4 Å². The first-order valence-electron chi connectivity index (χ1n) is 6.40. The molecule has 4 nitrogen and oxygen atoms in total. The van der Waals surface area contributed by atoms with E-state index in [0.29, 0.717) is 11.3 Å². The first kappa shape index (κ1) is 15.0. The SMILES string of the molecule is Cc1ccc(C(=O)Nc2cc(C(N)=S)ccc2C)c(O)c1. The molecule has 5 heteroatoms. The molecule has 2 rings (SSSR count). The van der Waals surface area contributed by atoms with Gasteiger partial charge < -0.3 is 16.2 Å². The summed E-state index contributed by atoms with van der Waals surface area (Å²) in [5.41, 5.74) is 8.88. The van der Waals surface area contributed by atoms with Crippen LogP contribution in [0.3, 0.4) is 0 Å². The maximum Gasteiger partial charge on any atom is 0.259 e. The van der Waals surface area contributed by atoms with Crippen LogP contribution >= 0.6 is 12.2 Å². The fourth-order valence-corrected chi connectivity index (χ4v) is 2.06. The average molecular weight is 300 g/mol. The van der Waals surface area contributed by atoms with Gasteiger partial charge in [0.05, 0.1) is 5.56 Å². The number of rotatable bonds is 3. The lowest BCUT2D eigenvalue weighted by Gasteiger charge is -2.11. The highest BCUT2D eigenvalue weighted by molar-refractivity contribution is 7.80. The number of carbonyl (C=O) groups excluding carboxylic acids is 1. The molecule has 2 aromatic rings. The van der Waals surface area contributed by atoms with E-state index in [4.69, 9.17) is 18.0 Å². The van der Waals surface area contributed by atoms with Crippen molar-refractivity contribution in [3.05, 3.63) is 58.7 Å². The van der Waals surface area contributed by atoms with Crippen molar-refractivity contribution in [1.29, 1.82) is 0 Å². The van der Waals surface area contributed by atoms with Crippen LogP contribution in [0.4, 0.5) is 5.69 Å². The Labute approximate surface area is 128 Å². The molecule has 0 aromatic heterocycles. The molecule has 0 fully saturated rings. The fraction of sp³-hybridized carbons (Fsp3) is 0.125. The number of nitrogens with one attached hydrogen (secondary N) is 1. The molecular formula is C16H16N2O2S. The minimum atomic E-state index is -0.379. The molecule has 0 aliphatic carbocycles. The molecule has 0 aliphatic rings. The Hall–Kier alpha value is -2.40. The van der Waals surface area contributed by atoms with Gasteiger partial charge in [0.1, 0.15) is 10.7 Å². The minimum Gasteiger partial charge on any atom is -0.507 e. The van der Waals surface area contributed by atoms with Crippen molar-refractivity contribution >= 4 is 28.8 Å². The molecule has 0 unspecified atom stereocenters. The van der Waals surface area contributed by atoms with Crippen molar-refractivity contribution in [2.45, 2.75) is 13.8 Å². The molecule has 0 heterocycles. The van der Waals surface area contributed by atoms with E-state index in [9.17, 15) is 9.90 Å². The van der Waals surface area contributed by atoms with Crippen LogP contribution in [0.5, 0.6) is 5.75 Å². The second-order valence-corrected chi connectivity index (χ2v) is 5.31. The van der Waals surface area contributed by atoms with Crippen LogP contribution in [0.25, 0.3) is 0 Å². The van der Waals surface area contributed by atoms with Gasteiger partial charge in [0.15, 0.2) is 0 Å². The van der Waals surface area contributed by atoms with E-state index >= 15 is 0 Å². The van der Waals surface area contributed by atoms with Crippen molar-refractivity contribution in [2.24, 2.45) is 5.73 Å². The van der Waals surface area contributed by atoms with Crippen molar-refractivity contribution in [3.63, 3.8) is 0 Å². The number of hydrogen-bond acceptors (Lipinski definition) is 3. The van der Waals surface area contributed by atoms with Gasteiger partial charge in [-0.2, -0.15) is 0 Å². The van der Waals surface area contributed by atoms with E-state index in [1.165, 1.54) is 0 Å². The van der Waals surface area contributed by atoms with Crippen LogP contribution in [0.2, 0.25) is 0 Å². The fourth-order valence-electron chi connectivity index (χ4n) is 1.93. The highest BCUT2D eigenvalue weighted by Gasteiger charge is 2.13. The summed E-state index contributed by atoms with van der Waals surface area (Å²) < 4.78 is 0. The van der Waals surface area contributed by atoms with E-state index in [1.807, 2.05) is 19.9 Å². The lowest BCUT2D eigenvalue weighted by Crippen LogP contribution is -2.15. The molecule has 21 heavy (non-hydrogen) atoms. The van der Waals surface area contributed by atoms with Crippen LogP contribution in [-0.4, -0.2) is 16.0 Å². The zero-order chi connectivity index (χ0) is 15.6. The second kappa shape index (κ2) is 5.93. The Bertz CT molecular complexity index is 726. The Balaban J connectivity index is 2.31. The third-order valence-electron chi connectivity index (χ3n) is 3.17. The Kier molecular flexibility index (Phi) is 4.23. The number of nitrogens with two attached hydrogens (primary N) is 1. The van der Waals surface area contributed by atoms with Crippen LogP contribution in [0, 0.1) is 13.8 Å². The molecule has 0 atom stereocenters. The number of carbonyl (C=O) groups is 1. The zero-order valence-corrected chi connectivity index (χ0v) is 12.6. The number of phenols is 1. The van der Waals surface area contributed by atoms with Gasteiger partial charge >= 0.3 is 0 Å². The van der Waals surface area contributed by atoms with Crippen molar-refractivity contribution in [2.75, 3.05) is 5.32 Å². The summed E-state index contributed by atoms with van der Waals surface area (Å²) in [6, 6.07) is 10.3. The third-order valence-corrected chi connectivity index (χ3v) is 3.40. The summed E-state index contributed by atoms with van der Waals surface area (Å²) in [4.78, 5) is 12.5. The number of phenolic OH excluding ortho intramolecular Hbond substituents is 1. The van der Waals surface area contributed by atoms with E-state index in [2.05, 4.69) is 5.32 Å². The van der Waals surface area contributed by atoms with Crippen LogP contribution in [0.1, 0.15) is 27.0 Å².